The molecule has 4 rings (SSSR count). The number of carbonyl (C=O) groups excluding carboxylic acids is 1. The second kappa shape index (κ2) is 11.4. The monoisotopic (exact) mass is 532 g/mol. The maximum Gasteiger partial charge on any atom is 0.459 e. The Balaban J connectivity index is 1.47. The molecule has 4 unspecified atom stereocenters. The van der Waals surface area contributed by atoms with Crippen molar-refractivity contribution in [3.63, 3.8) is 0 Å². The van der Waals surface area contributed by atoms with Gasteiger partial charge in [-0.3, -0.25) is 13.9 Å². The highest BCUT2D eigenvalue weighted by Gasteiger charge is 2.38. The molecular formula is C24H29N4O8P. The van der Waals surface area contributed by atoms with Crippen molar-refractivity contribution in [3.05, 3.63) is 65.2 Å². The number of aliphatic hydroxyl groups is 1. The molecule has 2 heterocycles. The number of aliphatic hydroxyl groups excluding tert-OH is 1. The zero-order valence-corrected chi connectivity index (χ0v) is 21.2. The van der Waals surface area contributed by atoms with Gasteiger partial charge in [-0.25, -0.2) is 14.4 Å². The van der Waals surface area contributed by atoms with Gasteiger partial charge in [-0.2, -0.15) is 4.98 Å². The average molecular weight is 532 g/mol. The van der Waals surface area contributed by atoms with Crippen molar-refractivity contribution in [2.24, 2.45) is 0 Å². The Bertz CT molecular complexity index is 1360. The Morgan fingerprint density at radius 2 is 2.03 bits per heavy atom. The lowest BCUT2D eigenvalue weighted by atomic mass is 10.1. The topological polar surface area (TPSA) is 164 Å². The van der Waals surface area contributed by atoms with E-state index in [9.17, 15) is 19.3 Å². The molecule has 0 saturated carbocycles. The Labute approximate surface area is 212 Å². The number of hydrogen-bond donors (Lipinski definition) is 3. The first-order valence-corrected chi connectivity index (χ1v) is 13.2. The van der Waals surface area contributed by atoms with Gasteiger partial charge < -0.3 is 24.8 Å². The fraction of sp³-hybridized carbons (Fsp3) is 0.375. The lowest BCUT2D eigenvalue weighted by molar-refractivity contribution is -0.145. The quantitative estimate of drug-likeness (QED) is 0.259. The summed E-state index contributed by atoms with van der Waals surface area (Å²) >= 11 is 0. The van der Waals surface area contributed by atoms with Gasteiger partial charge in [-0.05, 0) is 42.8 Å². The third-order valence-corrected chi connectivity index (χ3v) is 6.94. The van der Waals surface area contributed by atoms with Crippen LogP contribution >= 0.6 is 7.75 Å². The van der Waals surface area contributed by atoms with Gasteiger partial charge in [0.05, 0.1) is 18.8 Å². The molecule has 1 saturated heterocycles. The molecule has 0 spiro atoms. The Hall–Kier alpha value is -3.28. The highest BCUT2D eigenvalue weighted by molar-refractivity contribution is 7.52. The maximum absolute atomic E-state index is 13.6. The summed E-state index contributed by atoms with van der Waals surface area (Å²) in [5, 5.41) is 14.8. The number of rotatable bonds is 10. The molecule has 13 heteroatoms. The minimum atomic E-state index is -4.11. The number of aromatic nitrogens is 2. The first-order chi connectivity index (χ1) is 17.6. The van der Waals surface area contributed by atoms with Gasteiger partial charge in [0.1, 0.15) is 24.2 Å². The van der Waals surface area contributed by atoms with E-state index in [4.69, 9.17) is 24.3 Å². The summed E-state index contributed by atoms with van der Waals surface area (Å²) in [6.07, 6.45) is -1.70. The molecule has 12 nitrogen and oxygen atoms in total. The first kappa shape index (κ1) is 26.8. The second-order valence-corrected chi connectivity index (χ2v) is 10.5. The fourth-order valence-corrected chi connectivity index (χ4v) is 5.11. The van der Waals surface area contributed by atoms with E-state index in [0.717, 1.165) is 15.3 Å². The highest BCUT2D eigenvalue weighted by Crippen LogP contribution is 2.45. The van der Waals surface area contributed by atoms with Gasteiger partial charge in [0.15, 0.2) is 6.23 Å². The molecule has 0 aliphatic carbocycles. The third-order valence-electron chi connectivity index (χ3n) is 5.45. The van der Waals surface area contributed by atoms with E-state index >= 15 is 0 Å². The number of nitrogens with one attached hydrogen (secondary N) is 1. The zero-order chi connectivity index (χ0) is 26.6. The number of nitrogens with two attached hydrogens (primary N) is 1. The lowest BCUT2D eigenvalue weighted by Gasteiger charge is -2.22. The van der Waals surface area contributed by atoms with Crippen LogP contribution in [0.2, 0.25) is 0 Å². The number of ether oxygens (including phenoxy) is 2. The summed E-state index contributed by atoms with van der Waals surface area (Å²) in [7, 11) is -4.11. The molecule has 37 heavy (non-hydrogen) atoms. The number of fused-ring (bicyclic) bond motifs is 1. The smallest absolute Gasteiger partial charge is 0.459 e. The number of hydrogen-bond acceptors (Lipinski definition) is 10. The number of carbonyl (C=O) groups is 1. The van der Waals surface area contributed by atoms with Crippen LogP contribution in [-0.2, 0) is 23.4 Å². The molecule has 1 fully saturated rings. The van der Waals surface area contributed by atoms with Crippen molar-refractivity contribution >= 4 is 30.3 Å². The Morgan fingerprint density at radius 3 is 2.76 bits per heavy atom. The van der Waals surface area contributed by atoms with Gasteiger partial charge in [-0.1, -0.05) is 30.3 Å². The first-order valence-electron chi connectivity index (χ1n) is 11.7. The van der Waals surface area contributed by atoms with Crippen molar-refractivity contribution in [1.82, 2.24) is 14.6 Å². The molecule has 1 aliphatic rings. The van der Waals surface area contributed by atoms with E-state index < -0.39 is 44.4 Å². The second-order valence-electron chi connectivity index (χ2n) is 8.76. The normalized spacial score (nSPS) is 21.1. The molecule has 3 aromatic rings. The van der Waals surface area contributed by atoms with E-state index in [2.05, 4.69) is 10.1 Å². The van der Waals surface area contributed by atoms with Crippen LogP contribution in [0.3, 0.4) is 0 Å². The number of anilines is 1. The number of nitrogen functional groups attached to an aromatic ring is 1. The van der Waals surface area contributed by atoms with Crippen LogP contribution in [0.5, 0.6) is 5.75 Å². The van der Waals surface area contributed by atoms with Crippen molar-refractivity contribution in [1.29, 1.82) is 0 Å². The van der Waals surface area contributed by atoms with Crippen LogP contribution in [0.1, 0.15) is 26.5 Å². The molecule has 4 N–H and O–H groups in total. The summed E-state index contributed by atoms with van der Waals surface area (Å²) in [4.78, 5) is 27.9. The molecule has 1 aromatic heterocycles. The van der Waals surface area contributed by atoms with Crippen molar-refractivity contribution < 1.29 is 33.0 Å². The molecule has 0 radical (unpaired) electrons. The predicted octanol–water partition coefficient (Wildman–Crippen LogP) is 2.37. The van der Waals surface area contributed by atoms with E-state index in [0.29, 0.717) is 0 Å². The summed E-state index contributed by atoms with van der Waals surface area (Å²) in [5.74, 6) is -0.331. The van der Waals surface area contributed by atoms with Gasteiger partial charge in [0, 0.05) is 12.6 Å². The lowest BCUT2D eigenvalue weighted by Crippen LogP contribution is -2.32. The summed E-state index contributed by atoms with van der Waals surface area (Å²) in [5.41, 5.74) is 4.84. The summed E-state index contributed by atoms with van der Waals surface area (Å²) in [6.45, 7) is 2.70. The molecule has 0 bridgehead atoms. The van der Waals surface area contributed by atoms with Crippen LogP contribution in [-0.4, -0.2) is 52.1 Å². The van der Waals surface area contributed by atoms with Gasteiger partial charge in [0.25, 0.3) is 0 Å². The highest BCUT2D eigenvalue weighted by atomic mass is 31.2. The summed E-state index contributed by atoms with van der Waals surface area (Å²) in [6, 6.07) is 14.1. The number of esters is 1. The SMILES string of the molecule is CC(C)OC(=O)CNP(=O)(OCC1CC(O)C(n2ccc(N)nc2=O)O1)Oc1ccc2ccccc2c1. The van der Waals surface area contributed by atoms with Crippen LogP contribution in [0.15, 0.2) is 59.5 Å². The van der Waals surface area contributed by atoms with E-state index in [-0.39, 0.29) is 30.7 Å². The van der Waals surface area contributed by atoms with Crippen molar-refractivity contribution in [2.45, 2.75) is 44.8 Å². The molecule has 1 aliphatic heterocycles. The molecule has 198 valence electrons. The van der Waals surface area contributed by atoms with Gasteiger partial charge in [-0.15, -0.1) is 0 Å². The largest absolute Gasteiger partial charge is 0.462 e. The fourth-order valence-electron chi connectivity index (χ4n) is 3.82. The standard InChI is InChI=1S/C24H29N4O8P/c1-15(2)34-22(30)13-26-37(32,36-18-8-7-16-5-3-4-6-17(16)11-18)33-14-19-12-20(29)23(35-19)28-10-9-21(25)27-24(28)31/h3-11,15,19-20,23,29H,12-14H2,1-2H3,(H,26,32)(H2,25,27,31). The average Bonchev–Trinajstić information content (AvgIpc) is 3.21. The number of nitrogens with zero attached hydrogens (tertiary/aromatic N) is 2. The van der Waals surface area contributed by atoms with Crippen LogP contribution in [0.4, 0.5) is 5.82 Å². The molecular weight excluding hydrogens is 503 g/mol. The van der Waals surface area contributed by atoms with Crippen LogP contribution < -0.4 is 21.0 Å². The predicted molar refractivity (Wildman–Crippen MR) is 135 cm³/mol. The van der Waals surface area contributed by atoms with Crippen molar-refractivity contribution in [2.75, 3.05) is 18.9 Å². The molecule has 4 atom stereocenters. The Morgan fingerprint density at radius 1 is 1.27 bits per heavy atom. The Kier molecular flexibility index (Phi) is 8.25. The minimum Gasteiger partial charge on any atom is -0.462 e. The summed E-state index contributed by atoms with van der Waals surface area (Å²) < 4.78 is 36.9. The minimum absolute atomic E-state index is 0.0439. The van der Waals surface area contributed by atoms with Crippen molar-refractivity contribution in [3.8, 4) is 5.75 Å². The van der Waals surface area contributed by atoms with E-state index in [1.54, 1.807) is 32.0 Å². The molecule has 0 amide bonds. The van der Waals surface area contributed by atoms with Gasteiger partial charge in [0.2, 0.25) is 0 Å². The maximum atomic E-state index is 13.6. The van der Waals surface area contributed by atoms with Gasteiger partial charge >= 0.3 is 19.4 Å². The van der Waals surface area contributed by atoms with E-state index in [1.165, 1.54) is 12.3 Å². The van der Waals surface area contributed by atoms with Crippen LogP contribution in [0, 0.1) is 0 Å². The number of benzene rings is 2. The zero-order valence-electron chi connectivity index (χ0n) is 20.4. The van der Waals surface area contributed by atoms with E-state index in [1.807, 2.05) is 24.3 Å². The van der Waals surface area contributed by atoms with Crippen LogP contribution in [0.25, 0.3) is 10.8 Å². The third kappa shape index (κ3) is 6.94. The molecule has 2 aromatic carbocycles.